The highest BCUT2D eigenvalue weighted by Crippen LogP contribution is 2.33. The number of hydrogen-bond acceptors (Lipinski definition) is 2. The van der Waals surface area contributed by atoms with Crippen molar-refractivity contribution in [3.05, 3.63) is 0 Å². The average Bonchev–Trinajstić information content (AvgIpc) is 2.32. The molecule has 0 aliphatic heterocycles. The van der Waals surface area contributed by atoms with Gasteiger partial charge in [-0.25, -0.2) is 0 Å². The van der Waals surface area contributed by atoms with Crippen molar-refractivity contribution in [1.29, 1.82) is 0 Å². The number of hydrogen-bond donors (Lipinski definition) is 0. The fourth-order valence-electron chi connectivity index (χ4n) is 1.65. The second-order valence-corrected chi connectivity index (χ2v) is 3.66. The standard InChI is InChI=1S/C7H14BIO2/c1-2-10-5-3-6(8)7(4-5)11-9/h5-7H,2-4,8H2,1H3/t5-,6+,7+/m0/s1. The van der Waals surface area contributed by atoms with Crippen LogP contribution in [0.2, 0.25) is 5.82 Å². The summed E-state index contributed by atoms with van der Waals surface area (Å²) in [6.07, 6.45) is 3.07. The summed E-state index contributed by atoms with van der Waals surface area (Å²) in [6.45, 7) is 2.87. The molecule has 1 fully saturated rings. The van der Waals surface area contributed by atoms with E-state index in [2.05, 4.69) is 7.85 Å². The topological polar surface area (TPSA) is 18.5 Å². The van der Waals surface area contributed by atoms with Crippen molar-refractivity contribution in [1.82, 2.24) is 0 Å². The normalized spacial score (nSPS) is 37.8. The first-order chi connectivity index (χ1) is 5.27. The first-order valence-corrected chi connectivity index (χ1v) is 5.05. The molecular weight excluding hydrogens is 254 g/mol. The van der Waals surface area contributed by atoms with E-state index in [0.29, 0.717) is 18.0 Å². The highest BCUT2D eigenvalue weighted by atomic mass is 127. The van der Waals surface area contributed by atoms with Crippen LogP contribution in [0.5, 0.6) is 0 Å². The van der Waals surface area contributed by atoms with Gasteiger partial charge in [0.15, 0.2) is 0 Å². The van der Waals surface area contributed by atoms with Crippen molar-refractivity contribution >= 4 is 30.9 Å². The molecule has 1 aliphatic rings. The second kappa shape index (κ2) is 4.67. The Morgan fingerprint density at radius 3 is 2.73 bits per heavy atom. The molecule has 64 valence electrons. The summed E-state index contributed by atoms with van der Waals surface area (Å²) in [4.78, 5) is 0. The van der Waals surface area contributed by atoms with Gasteiger partial charge in [-0.2, -0.15) is 0 Å². The van der Waals surface area contributed by atoms with E-state index in [9.17, 15) is 0 Å². The summed E-state index contributed by atoms with van der Waals surface area (Å²) in [5.74, 6) is 0.656. The molecule has 0 heterocycles. The van der Waals surface area contributed by atoms with E-state index in [1.165, 1.54) is 0 Å². The van der Waals surface area contributed by atoms with Crippen LogP contribution in [0.1, 0.15) is 19.8 Å². The molecule has 3 atom stereocenters. The zero-order chi connectivity index (χ0) is 8.27. The van der Waals surface area contributed by atoms with Crippen LogP contribution in [0, 0.1) is 0 Å². The van der Waals surface area contributed by atoms with Crippen LogP contribution in [-0.2, 0) is 7.80 Å². The van der Waals surface area contributed by atoms with Gasteiger partial charge in [0.25, 0.3) is 0 Å². The summed E-state index contributed by atoms with van der Waals surface area (Å²) in [6, 6.07) is 0. The van der Waals surface area contributed by atoms with Crippen LogP contribution in [0.25, 0.3) is 0 Å². The summed E-state index contributed by atoms with van der Waals surface area (Å²) in [5, 5.41) is 0. The van der Waals surface area contributed by atoms with Crippen LogP contribution in [0.4, 0.5) is 0 Å². The van der Waals surface area contributed by atoms with Gasteiger partial charge < -0.3 is 7.80 Å². The van der Waals surface area contributed by atoms with Crippen molar-refractivity contribution < 1.29 is 7.80 Å². The minimum absolute atomic E-state index is 0.409. The van der Waals surface area contributed by atoms with Crippen LogP contribution in [0.3, 0.4) is 0 Å². The molecule has 0 aromatic heterocycles. The van der Waals surface area contributed by atoms with E-state index >= 15 is 0 Å². The molecule has 2 nitrogen and oxygen atoms in total. The van der Waals surface area contributed by atoms with Gasteiger partial charge in [0.2, 0.25) is 0 Å². The molecule has 0 spiro atoms. The molecule has 0 saturated heterocycles. The average molecular weight is 268 g/mol. The largest absolute Gasteiger partial charge is 0.378 e. The van der Waals surface area contributed by atoms with Gasteiger partial charge in [-0.05, 0) is 19.2 Å². The molecule has 1 rings (SSSR count). The highest BCUT2D eigenvalue weighted by molar-refractivity contribution is 14.1. The minimum Gasteiger partial charge on any atom is -0.378 e. The third-order valence-electron chi connectivity index (χ3n) is 2.28. The quantitative estimate of drug-likeness (QED) is 0.568. The van der Waals surface area contributed by atoms with Crippen LogP contribution >= 0.6 is 23.0 Å². The van der Waals surface area contributed by atoms with Gasteiger partial charge in [0.05, 0.1) is 12.2 Å². The van der Waals surface area contributed by atoms with Gasteiger partial charge in [-0.3, -0.25) is 0 Å². The Balaban J connectivity index is 2.30. The number of rotatable bonds is 3. The molecule has 0 unspecified atom stereocenters. The van der Waals surface area contributed by atoms with E-state index in [1.807, 2.05) is 29.9 Å². The lowest BCUT2D eigenvalue weighted by Gasteiger charge is -2.09. The predicted octanol–water partition coefficient (Wildman–Crippen LogP) is 1.34. The number of ether oxygens (including phenoxy) is 1. The SMILES string of the molecule is B[C@@H]1C[C@H](OCC)C[C@H]1OI. The molecule has 0 aromatic rings. The first-order valence-electron chi connectivity index (χ1n) is 4.17. The second-order valence-electron chi connectivity index (χ2n) is 3.15. The molecule has 4 heteroatoms. The maximum Gasteiger partial charge on any atom is 0.109 e. The maximum absolute atomic E-state index is 5.52. The Kier molecular flexibility index (Phi) is 4.16. The molecule has 11 heavy (non-hydrogen) atoms. The molecule has 0 bridgehead atoms. The lowest BCUT2D eigenvalue weighted by molar-refractivity contribution is 0.0622. The molecule has 1 saturated carbocycles. The maximum atomic E-state index is 5.52. The van der Waals surface area contributed by atoms with Crippen LogP contribution < -0.4 is 0 Å². The van der Waals surface area contributed by atoms with E-state index in [0.717, 1.165) is 19.4 Å². The summed E-state index contributed by atoms with van der Waals surface area (Å²) in [5.41, 5.74) is 0. The fourth-order valence-corrected chi connectivity index (χ4v) is 2.36. The van der Waals surface area contributed by atoms with Crippen molar-refractivity contribution in [3.63, 3.8) is 0 Å². The van der Waals surface area contributed by atoms with Gasteiger partial charge >= 0.3 is 0 Å². The Hall–Kier alpha value is 0.715. The third-order valence-corrected chi connectivity index (χ3v) is 2.93. The van der Waals surface area contributed by atoms with E-state index < -0.39 is 0 Å². The van der Waals surface area contributed by atoms with E-state index in [1.54, 1.807) is 0 Å². The molecular formula is C7H14BIO2. The Bertz CT molecular complexity index is 123. The Morgan fingerprint density at radius 2 is 2.27 bits per heavy atom. The fraction of sp³-hybridized carbons (Fsp3) is 1.00. The molecule has 0 amide bonds. The lowest BCUT2D eigenvalue weighted by atomic mass is 9.84. The van der Waals surface area contributed by atoms with Gasteiger partial charge in [0.1, 0.15) is 30.9 Å². The summed E-state index contributed by atoms with van der Waals surface area (Å²) in [7, 11) is 2.22. The zero-order valence-corrected chi connectivity index (χ0v) is 9.21. The Labute approximate surface area is 83.1 Å². The van der Waals surface area contributed by atoms with Gasteiger partial charge in [-0.15, -0.1) is 0 Å². The third kappa shape index (κ3) is 2.59. The molecule has 1 aliphatic carbocycles. The highest BCUT2D eigenvalue weighted by Gasteiger charge is 2.31. The summed E-state index contributed by atoms with van der Waals surface area (Å²) >= 11 is 1.99. The van der Waals surface area contributed by atoms with Gasteiger partial charge in [0, 0.05) is 13.0 Å². The van der Waals surface area contributed by atoms with Crippen molar-refractivity contribution in [3.8, 4) is 0 Å². The predicted molar refractivity (Wildman–Crippen MR) is 55.8 cm³/mol. The zero-order valence-electron chi connectivity index (χ0n) is 7.05. The van der Waals surface area contributed by atoms with E-state index in [4.69, 9.17) is 7.80 Å². The van der Waals surface area contributed by atoms with E-state index in [-0.39, 0.29) is 0 Å². The molecule has 0 N–H and O–H groups in total. The van der Waals surface area contributed by atoms with Crippen LogP contribution in [0.15, 0.2) is 0 Å². The minimum atomic E-state index is 0.409. The van der Waals surface area contributed by atoms with Crippen molar-refractivity contribution in [2.75, 3.05) is 6.61 Å². The van der Waals surface area contributed by atoms with Crippen molar-refractivity contribution in [2.45, 2.75) is 37.8 Å². The smallest absolute Gasteiger partial charge is 0.109 e. The number of halogens is 1. The lowest BCUT2D eigenvalue weighted by Crippen LogP contribution is -2.10. The first kappa shape index (κ1) is 9.80. The monoisotopic (exact) mass is 268 g/mol. The summed E-state index contributed by atoms with van der Waals surface area (Å²) < 4.78 is 10.8. The molecule has 0 radical (unpaired) electrons. The Morgan fingerprint density at radius 1 is 1.55 bits per heavy atom. The van der Waals surface area contributed by atoms with Gasteiger partial charge in [-0.1, -0.05) is 0 Å². The van der Waals surface area contributed by atoms with Crippen molar-refractivity contribution in [2.24, 2.45) is 0 Å². The molecule has 0 aromatic carbocycles. The van der Waals surface area contributed by atoms with Crippen LogP contribution in [-0.4, -0.2) is 26.7 Å².